The van der Waals surface area contributed by atoms with E-state index < -0.39 is 11.4 Å². The van der Waals surface area contributed by atoms with E-state index in [-0.39, 0.29) is 0 Å². The summed E-state index contributed by atoms with van der Waals surface area (Å²) in [6.07, 6.45) is 3.95. The summed E-state index contributed by atoms with van der Waals surface area (Å²) >= 11 is 3.43. The van der Waals surface area contributed by atoms with E-state index in [9.17, 15) is 9.90 Å². The quantitative estimate of drug-likeness (QED) is 0.907. The van der Waals surface area contributed by atoms with Gasteiger partial charge in [-0.15, -0.1) is 0 Å². The number of carbonyl (C=O) groups is 1. The van der Waals surface area contributed by atoms with Gasteiger partial charge < -0.3 is 9.84 Å². The van der Waals surface area contributed by atoms with Crippen molar-refractivity contribution in [1.29, 1.82) is 0 Å². The molecule has 3 nitrogen and oxygen atoms in total. The molecule has 0 spiro atoms. The summed E-state index contributed by atoms with van der Waals surface area (Å²) < 4.78 is 6.62. The lowest BCUT2D eigenvalue weighted by molar-refractivity contribution is -0.140. The first-order valence-electron chi connectivity index (χ1n) is 6.27. The van der Waals surface area contributed by atoms with Gasteiger partial charge in [0.2, 0.25) is 0 Å². The third-order valence-electron chi connectivity index (χ3n) is 3.77. The Morgan fingerprint density at radius 3 is 2.67 bits per heavy atom. The minimum atomic E-state index is -0.728. The number of ether oxygens (including phenoxy) is 1. The monoisotopic (exact) mass is 310 g/mol. The molecule has 3 rings (SSSR count). The lowest BCUT2D eigenvalue weighted by Crippen LogP contribution is -2.19. The van der Waals surface area contributed by atoms with Gasteiger partial charge in [0.1, 0.15) is 5.75 Å². The topological polar surface area (TPSA) is 46.5 Å². The van der Waals surface area contributed by atoms with E-state index in [1.807, 2.05) is 18.2 Å². The van der Waals surface area contributed by atoms with Crippen LogP contribution >= 0.6 is 15.9 Å². The van der Waals surface area contributed by atoms with Crippen LogP contribution in [0.5, 0.6) is 5.75 Å². The van der Waals surface area contributed by atoms with Gasteiger partial charge in [-0.25, -0.2) is 0 Å². The van der Waals surface area contributed by atoms with Crippen molar-refractivity contribution in [2.75, 3.05) is 6.61 Å². The number of rotatable bonds is 5. The van der Waals surface area contributed by atoms with Crippen LogP contribution in [0.4, 0.5) is 0 Å². The Hall–Kier alpha value is -1.03. The first-order chi connectivity index (χ1) is 8.60. The van der Waals surface area contributed by atoms with Crippen molar-refractivity contribution in [2.24, 2.45) is 5.92 Å². The van der Waals surface area contributed by atoms with Gasteiger partial charge in [0.25, 0.3) is 0 Å². The molecule has 0 unspecified atom stereocenters. The van der Waals surface area contributed by atoms with E-state index in [2.05, 4.69) is 15.9 Å². The fourth-order valence-corrected chi connectivity index (χ4v) is 2.64. The minimum absolute atomic E-state index is 0.665. The van der Waals surface area contributed by atoms with E-state index in [1.165, 1.54) is 12.8 Å². The highest BCUT2D eigenvalue weighted by Gasteiger charge is 2.52. The van der Waals surface area contributed by atoms with E-state index in [4.69, 9.17) is 4.74 Å². The highest BCUT2D eigenvalue weighted by molar-refractivity contribution is 9.10. The molecule has 0 aliphatic heterocycles. The largest absolute Gasteiger partial charge is 0.493 e. The van der Waals surface area contributed by atoms with Crippen LogP contribution in [0.15, 0.2) is 22.7 Å². The summed E-state index contributed by atoms with van der Waals surface area (Å²) in [5.41, 5.74) is 0.191. The standard InChI is InChI=1S/C14H15BrO3/c15-11-5-10(14(3-4-14)13(16)17)6-12(7-11)18-8-9-1-2-9/h5-7,9H,1-4,8H2,(H,16,17). The molecule has 0 amide bonds. The second-order valence-electron chi connectivity index (χ2n) is 5.32. The maximum atomic E-state index is 11.3. The molecule has 0 heterocycles. The molecule has 4 heteroatoms. The molecule has 0 aromatic heterocycles. The van der Waals surface area contributed by atoms with Crippen molar-refractivity contribution in [2.45, 2.75) is 31.1 Å². The van der Waals surface area contributed by atoms with Crippen molar-refractivity contribution in [1.82, 2.24) is 0 Å². The van der Waals surface area contributed by atoms with Crippen LogP contribution in [0, 0.1) is 5.92 Å². The normalized spacial score (nSPS) is 20.5. The SMILES string of the molecule is O=C(O)C1(c2cc(Br)cc(OCC3CC3)c2)CC1. The fraction of sp³-hybridized carbons (Fsp3) is 0.500. The average molecular weight is 311 g/mol. The van der Waals surface area contributed by atoms with Gasteiger partial charge in [0, 0.05) is 4.47 Å². The van der Waals surface area contributed by atoms with Crippen LogP contribution in [0.3, 0.4) is 0 Å². The molecule has 0 saturated heterocycles. The minimum Gasteiger partial charge on any atom is -0.493 e. The molecule has 0 radical (unpaired) electrons. The van der Waals surface area contributed by atoms with Gasteiger partial charge in [0.05, 0.1) is 12.0 Å². The van der Waals surface area contributed by atoms with Crippen molar-refractivity contribution in [3.8, 4) is 5.75 Å². The number of benzene rings is 1. The third-order valence-corrected chi connectivity index (χ3v) is 4.22. The molecule has 2 aliphatic rings. The highest BCUT2D eigenvalue weighted by Crippen LogP contribution is 2.49. The van der Waals surface area contributed by atoms with Crippen LogP contribution in [-0.2, 0) is 10.2 Å². The van der Waals surface area contributed by atoms with Crippen molar-refractivity contribution < 1.29 is 14.6 Å². The molecule has 1 aromatic carbocycles. The molecule has 96 valence electrons. The van der Waals surface area contributed by atoms with E-state index >= 15 is 0 Å². The third kappa shape index (κ3) is 2.26. The zero-order valence-electron chi connectivity index (χ0n) is 9.99. The fourth-order valence-electron chi connectivity index (χ4n) is 2.17. The van der Waals surface area contributed by atoms with Crippen molar-refractivity contribution in [3.63, 3.8) is 0 Å². The number of hydrogen-bond donors (Lipinski definition) is 1. The van der Waals surface area contributed by atoms with Crippen LogP contribution in [0.25, 0.3) is 0 Å². The Kier molecular flexibility index (Phi) is 2.85. The van der Waals surface area contributed by atoms with Gasteiger partial charge in [-0.3, -0.25) is 4.79 Å². The Morgan fingerprint density at radius 1 is 1.39 bits per heavy atom. The second-order valence-corrected chi connectivity index (χ2v) is 6.23. The summed E-state index contributed by atoms with van der Waals surface area (Å²) in [4.78, 5) is 11.3. The Balaban J connectivity index is 1.83. The lowest BCUT2D eigenvalue weighted by atomic mass is 9.96. The van der Waals surface area contributed by atoms with Crippen LogP contribution in [-0.4, -0.2) is 17.7 Å². The molecule has 1 N–H and O–H groups in total. The summed E-state index contributed by atoms with van der Waals surface area (Å²) in [7, 11) is 0. The van der Waals surface area contributed by atoms with Gasteiger partial charge in [0.15, 0.2) is 0 Å². The Labute approximate surface area is 114 Å². The molecule has 0 bridgehead atoms. The maximum Gasteiger partial charge on any atom is 0.314 e. The van der Waals surface area contributed by atoms with Gasteiger partial charge in [-0.2, -0.15) is 0 Å². The molecule has 0 atom stereocenters. The predicted molar refractivity (Wildman–Crippen MR) is 70.9 cm³/mol. The van der Waals surface area contributed by atoms with Crippen molar-refractivity contribution in [3.05, 3.63) is 28.2 Å². The Bertz CT molecular complexity index is 490. The van der Waals surface area contributed by atoms with E-state index in [0.29, 0.717) is 5.92 Å². The molecule has 18 heavy (non-hydrogen) atoms. The summed E-state index contributed by atoms with van der Waals surface area (Å²) in [5.74, 6) is 0.745. The Morgan fingerprint density at radius 2 is 2.11 bits per heavy atom. The summed E-state index contributed by atoms with van der Waals surface area (Å²) in [5, 5.41) is 9.31. The molecular weight excluding hydrogens is 296 g/mol. The van der Waals surface area contributed by atoms with Crippen LogP contribution in [0.2, 0.25) is 0 Å². The van der Waals surface area contributed by atoms with Gasteiger partial charge >= 0.3 is 5.97 Å². The number of halogens is 1. The van der Waals surface area contributed by atoms with Gasteiger partial charge in [-0.05, 0) is 55.4 Å². The first kappa shape index (κ1) is 12.0. The van der Waals surface area contributed by atoms with Crippen molar-refractivity contribution >= 4 is 21.9 Å². The second kappa shape index (κ2) is 4.26. The van der Waals surface area contributed by atoms with Crippen LogP contribution < -0.4 is 4.74 Å². The first-order valence-corrected chi connectivity index (χ1v) is 7.07. The molecule has 1 aromatic rings. The average Bonchev–Trinajstić information content (AvgIpc) is 3.18. The highest BCUT2D eigenvalue weighted by atomic mass is 79.9. The predicted octanol–water partition coefficient (Wildman–Crippen LogP) is 3.35. The van der Waals surface area contributed by atoms with Crippen LogP contribution in [0.1, 0.15) is 31.2 Å². The number of carboxylic acids is 1. The van der Waals surface area contributed by atoms with E-state index in [0.717, 1.165) is 35.2 Å². The molecule has 2 saturated carbocycles. The maximum absolute atomic E-state index is 11.3. The van der Waals surface area contributed by atoms with E-state index in [1.54, 1.807) is 0 Å². The zero-order valence-corrected chi connectivity index (χ0v) is 11.6. The summed E-state index contributed by atoms with van der Waals surface area (Å²) in [6.45, 7) is 0.746. The zero-order chi connectivity index (χ0) is 12.8. The molecular formula is C14H15BrO3. The smallest absolute Gasteiger partial charge is 0.314 e. The molecule has 2 aliphatic carbocycles. The van der Waals surface area contributed by atoms with Gasteiger partial charge in [-0.1, -0.05) is 15.9 Å². The lowest BCUT2D eigenvalue weighted by Gasteiger charge is -2.13. The summed E-state index contributed by atoms with van der Waals surface area (Å²) in [6, 6.07) is 5.68. The number of hydrogen-bond acceptors (Lipinski definition) is 2. The number of carboxylic acid groups (broad SMARTS) is 1. The number of aliphatic carboxylic acids is 1. The molecule has 2 fully saturated rings.